The Morgan fingerprint density at radius 3 is 2.69 bits per heavy atom. The molecular weight excluding hydrogens is 397 g/mol. The van der Waals surface area contributed by atoms with E-state index in [1.165, 1.54) is 24.5 Å². The standard InChI is InChI=1S/C21H17ClFN3O3/c1-2-28-20(27)21(12-14-5-3-4-6-17(14)29-21)26(16-9-7-15(23)8-10-16)19-11-18(22)24-13-25-19/h3-11,13H,2,12H2,1H3. The smallest absolute Gasteiger partial charge is 0.373 e. The molecule has 2 aromatic carbocycles. The van der Waals surface area contributed by atoms with Crippen LogP contribution in [0.1, 0.15) is 12.5 Å². The fourth-order valence-electron chi connectivity index (χ4n) is 3.36. The second-order valence-corrected chi connectivity index (χ2v) is 6.79. The number of hydrogen-bond acceptors (Lipinski definition) is 6. The van der Waals surface area contributed by atoms with Gasteiger partial charge in [-0.1, -0.05) is 29.8 Å². The molecule has 0 bridgehead atoms. The van der Waals surface area contributed by atoms with Gasteiger partial charge in [0, 0.05) is 23.7 Å². The number of halogens is 2. The Morgan fingerprint density at radius 2 is 2.00 bits per heavy atom. The fraction of sp³-hybridized carbons (Fsp3) is 0.190. The Balaban J connectivity index is 1.92. The molecule has 0 amide bonds. The maximum absolute atomic E-state index is 13.6. The van der Waals surface area contributed by atoms with Gasteiger partial charge in [0.15, 0.2) is 0 Å². The molecule has 1 aliphatic heterocycles. The number of hydrogen-bond donors (Lipinski definition) is 0. The number of aromatic nitrogens is 2. The van der Waals surface area contributed by atoms with Crippen LogP contribution in [0.4, 0.5) is 15.9 Å². The summed E-state index contributed by atoms with van der Waals surface area (Å²) < 4.78 is 25.2. The first kappa shape index (κ1) is 19.1. The molecule has 1 aromatic heterocycles. The SMILES string of the molecule is CCOC(=O)C1(N(c2ccc(F)cc2)c2cc(Cl)ncn2)Cc2ccccc2O1. The third-order valence-electron chi connectivity index (χ3n) is 4.57. The number of benzene rings is 2. The van der Waals surface area contributed by atoms with E-state index < -0.39 is 17.5 Å². The van der Waals surface area contributed by atoms with Crippen LogP contribution in [0, 0.1) is 5.82 Å². The summed E-state index contributed by atoms with van der Waals surface area (Å²) >= 11 is 6.09. The van der Waals surface area contributed by atoms with E-state index in [0.717, 1.165) is 5.56 Å². The summed E-state index contributed by atoms with van der Waals surface area (Å²) in [5, 5.41) is 0.191. The maximum Gasteiger partial charge on any atom is 0.373 e. The molecule has 0 N–H and O–H groups in total. The summed E-state index contributed by atoms with van der Waals surface area (Å²) in [5.41, 5.74) is -0.246. The Morgan fingerprint density at radius 1 is 1.24 bits per heavy atom. The van der Waals surface area contributed by atoms with E-state index in [-0.39, 0.29) is 18.2 Å². The molecule has 1 aliphatic rings. The normalized spacial score (nSPS) is 17.3. The van der Waals surface area contributed by atoms with Crippen molar-refractivity contribution in [2.24, 2.45) is 0 Å². The van der Waals surface area contributed by atoms with Gasteiger partial charge in [0.2, 0.25) is 0 Å². The molecule has 3 aromatic rings. The molecule has 0 saturated heterocycles. The number of para-hydroxylation sites is 1. The number of nitrogens with zero attached hydrogens (tertiary/aromatic N) is 3. The molecule has 148 valence electrons. The Hall–Kier alpha value is -3.19. The van der Waals surface area contributed by atoms with Gasteiger partial charge in [0.05, 0.1) is 6.61 Å². The van der Waals surface area contributed by atoms with Gasteiger partial charge in [-0.2, -0.15) is 0 Å². The van der Waals surface area contributed by atoms with E-state index >= 15 is 0 Å². The number of anilines is 2. The second-order valence-electron chi connectivity index (χ2n) is 6.40. The summed E-state index contributed by atoms with van der Waals surface area (Å²) in [6, 6.07) is 14.5. The predicted octanol–water partition coefficient (Wildman–Crippen LogP) is 4.30. The quantitative estimate of drug-likeness (QED) is 0.459. The first-order chi connectivity index (χ1) is 14.0. The van der Waals surface area contributed by atoms with Gasteiger partial charge >= 0.3 is 5.97 Å². The average molecular weight is 414 g/mol. The van der Waals surface area contributed by atoms with Crippen LogP contribution < -0.4 is 9.64 Å². The molecule has 1 unspecified atom stereocenters. The van der Waals surface area contributed by atoms with Gasteiger partial charge in [0.25, 0.3) is 5.72 Å². The molecule has 29 heavy (non-hydrogen) atoms. The highest BCUT2D eigenvalue weighted by atomic mass is 35.5. The van der Waals surface area contributed by atoms with E-state index in [9.17, 15) is 9.18 Å². The van der Waals surface area contributed by atoms with Crippen molar-refractivity contribution in [3.05, 3.63) is 77.5 Å². The average Bonchev–Trinajstić information content (AvgIpc) is 3.10. The first-order valence-electron chi connectivity index (χ1n) is 9.01. The van der Waals surface area contributed by atoms with Crippen LogP contribution in [0.5, 0.6) is 5.75 Å². The van der Waals surface area contributed by atoms with Crippen LogP contribution in [0.15, 0.2) is 60.9 Å². The van der Waals surface area contributed by atoms with Crippen molar-refractivity contribution in [2.75, 3.05) is 11.5 Å². The first-order valence-corrected chi connectivity index (χ1v) is 9.39. The van der Waals surface area contributed by atoms with Crippen molar-refractivity contribution < 1.29 is 18.7 Å². The van der Waals surface area contributed by atoms with E-state index in [2.05, 4.69) is 9.97 Å². The van der Waals surface area contributed by atoms with Gasteiger partial charge in [-0.25, -0.2) is 19.2 Å². The van der Waals surface area contributed by atoms with Gasteiger partial charge in [-0.15, -0.1) is 0 Å². The minimum Gasteiger partial charge on any atom is -0.462 e. The topological polar surface area (TPSA) is 64.5 Å². The summed E-state index contributed by atoms with van der Waals surface area (Å²) in [6.07, 6.45) is 1.50. The van der Waals surface area contributed by atoms with Crippen molar-refractivity contribution in [1.29, 1.82) is 0 Å². The third-order valence-corrected chi connectivity index (χ3v) is 4.78. The molecule has 1 atom stereocenters. The summed E-state index contributed by atoms with van der Waals surface area (Å²) in [6.45, 7) is 1.89. The Bertz CT molecular complexity index is 1020. The van der Waals surface area contributed by atoms with Gasteiger partial charge in [0.1, 0.15) is 28.9 Å². The molecule has 0 fully saturated rings. The van der Waals surface area contributed by atoms with Crippen molar-refractivity contribution >= 4 is 29.1 Å². The molecule has 0 aliphatic carbocycles. The lowest BCUT2D eigenvalue weighted by Crippen LogP contribution is -2.57. The zero-order valence-corrected chi connectivity index (χ0v) is 16.3. The van der Waals surface area contributed by atoms with Crippen LogP contribution in [-0.2, 0) is 16.0 Å². The molecular formula is C21H17ClFN3O3. The lowest BCUT2D eigenvalue weighted by molar-refractivity contribution is -0.159. The molecule has 0 spiro atoms. The fourth-order valence-corrected chi connectivity index (χ4v) is 3.50. The third kappa shape index (κ3) is 3.49. The van der Waals surface area contributed by atoms with Crippen LogP contribution in [-0.4, -0.2) is 28.3 Å². The molecule has 0 radical (unpaired) electrons. The van der Waals surface area contributed by atoms with E-state index in [0.29, 0.717) is 17.3 Å². The predicted molar refractivity (Wildman–Crippen MR) is 106 cm³/mol. The Kier molecular flexibility index (Phi) is 5.07. The van der Waals surface area contributed by atoms with E-state index in [1.54, 1.807) is 30.0 Å². The highest BCUT2D eigenvalue weighted by molar-refractivity contribution is 6.29. The van der Waals surface area contributed by atoms with Gasteiger partial charge in [-0.05, 0) is 37.3 Å². The highest BCUT2D eigenvalue weighted by Crippen LogP contribution is 2.43. The zero-order chi connectivity index (χ0) is 20.4. The Labute approximate surface area is 171 Å². The monoisotopic (exact) mass is 413 g/mol. The molecule has 0 saturated carbocycles. The summed E-state index contributed by atoms with van der Waals surface area (Å²) in [5.74, 6) is -0.115. The number of ether oxygens (including phenoxy) is 2. The van der Waals surface area contributed by atoms with Crippen LogP contribution in [0.3, 0.4) is 0 Å². The van der Waals surface area contributed by atoms with Gasteiger partial charge < -0.3 is 9.47 Å². The van der Waals surface area contributed by atoms with Crippen molar-refractivity contribution in [2.45, 2.75) is 19.1 Å². The van der Waals surface area contributed by atoms with Crippen LogP contribution >= 0.6 is 11.6 Å². The number of fused-ring (bicyclic) bond motifs is 1. The van der Waals surface area contributed by atoms with Crippen LogP contribution in [0.25, 0.3) is 0 Å². The van der Waals surface area contributed by atoms with Crippen molar-refractivity contribution in [3.63, 3.8) is 0 Å². The molecule has 2 heterocycles. The second kappa shape index (κ2) is 7.67. The number of carbonyl (C=O) groups is 1. The highest BCUT2D eigenvalue weighted by Gasteiger charge is 2.54. The lowest BCUT2D eigenvalue weighted by Gasteiger charge is -2.38. The molecule has 6 nitrogen and oxygen atoms in total. The van der Waals surface area contributed by atoms with E-state index in [1.807, 2.05) is 18.2 Å². The number of rotatable bonds is 5. The van der Waals surface area contributed by atoms with Crippen molar-refractivity contribution in [1.82, 2.24) is 9.97 Å². The molecule has 4 rings (SSSR count). The number of esters is 1. The largest absolute Gasteiger partial charge is 0.462 e. The van der Waals surface area contributed by atoms with Crippen LogP contribution in [0.2, 0.25) is 5.15 Å². The summed E-state index contributed by atoms with van der Waals surface area (Å²) in [4.78, 5) is 23.0. The zero-order valence-electron chi connectivity index (χ0n) is 15.5. The van der Waals surface area contributed by atoms with Crippen molar-refractivity contribution in [3.8, 4) is 5.75 Å². The van der Waals surface area contributed by atoms with Gasteiger partial charge in [-0.3, -0.25) is 4.90 Å². The van der Waals surface area contributed by atoms with E-state index in [4.69, 9.17) is 21.1 Å². The minimum atomic E-state index is -1.57. The lowest BCUT2D eigenvalue weighted by atomic mass is 10.0. The summed E-state index contributed by atoms with van der Waals surface area (Å²) in [7, 11) is 0. The maximum atomic E-state index is 13.6. The number of carbonyl (C=O) groups excluding carboxylic acids is 1. The molecule has 8 heteroatoms. The minimum absolute atomic E-state index is 0.169.